The summed E-state index contributed by atoms with van der Waals surface area (Å²) < 4.78 is 1.86. The van der Waals surface area contributed by atoms with Crippen LogP contribution in [0.5, 0.6) is 0 Å². The third kappa shape index (κ3) is 2.14. The third-order valence-corrected chi connectivity index (χ3v) is 5.41. The summed E-state index contributed by atoms with van der Waals surface area (Å²) in [7, 11) is 0. The molecule has 1 aliphatic rings. The van der Waals surface area contributed by atoms with Crippen molar-refractivity contribution in [1.82, 2.24) is 5.06 Å². The highest BCUT2D eigenvalue weighted by Gasteiger charge is 2.54. The van der Waals surface area contributed by atoms with E-state index in [0.717, 1.165) is 24.7 Å². The smallest absolute Gasteiger partial charge is 0.274 e. The molecule has 1 aromatic heterocycles. The van der Waals surface area contributed by atoms with E-state index < -0.39 is 5.66 Å². The van der Waals surface area contributed by atoms with Crippen molar-refractivity contribution in [2.75, 3.05) is 0 Å². The van der Waals surface area contributed by atoms with Crippen LogP contribution in [0.2, 0.25) is 0 Å². The van der Waals surface area contributed by atoms with E-state index in [2.05, 4.69) is 15.9 Å². The number of thiophene rings is 1. The quantitative estimate of drug-likeness (QED) is 0.649. The first kappa shape index (κ1) is 14.7. The normalized spacial score (nSPS) is 26.6. The summed E-state index contributed by atoms with van der Waals surface area (Å²) >= 11 is 4.89. The zero-order chi connectivity index (χ0) is 15.2. The van der Waals surface area contributed by atoms with Gasteiger partial charge in [-0.3, -0.25) is 0 Å². The molecular weight excluding hydrogens is 352 g/mol. The van der Waals surface area contributed by atoms with Crippen LogP contribution in [0.3, 0.4) is 0 Å². The highest BCUT2D eigenvalue weighted by Crippen LogP contribution is 2.37. The van der Waals surface area contributed by atoms with E-state index in [4.69, 9.17) is 0 Å². The Morgan fingerprint density at radius 3 is 2.57 bits per heavy atom. The minimum atomic E-state index is -1.13. The second-order valence-corrected chi connectivity index (χ2v) is 7.07. The summed E-state index contributed by atoms with van der Waals surface area (Å²) in [6.07, 6.45) is 0. The second-order valence-electron chi connectivity index (χ2n) is 5.21. The predicted octanol–water partition coefficient (Wildman–Crippen LogP) is 3.78. The molecule has 0 aliphatic carbocycles. The summed E-state index contributed by atoms with van der Waals surface area (Å²) in [6, 6.07) is 10.9. The van der Waals surface area contributed by atoms with Gasteiger partial charge < -0.3 is 10.4 Å². The van der Waals surface area contributed by atoms with Crippen LogP contribution in [0, 0.1) is 5.21 Å². The first-order valence-corrected chi connectivity index (χ1v) is 8.26. The first-order valence-electron chi connectivity index (χ1n) is 6.58. The molecule has 0 fully saturated rings. The predicted molar refractivity (Wildman–Crippen MR) is 86.6 cm³/mol. The maximum Gasteiger partial charge on any atom is 0.274 e. The summed E-state index contributed by atoms with van der Waals surface area (Å²) in [5.41, 5.74) is 0.221. The van der Waals surface area contributed by atoms with Crippen molar-refractivity contribution in [3.63, 3.8) is 0 Å². The van der Waals surface area contributed by atoms with Crippen LogP contribution in [0.4, 0.5) is 0 Å². The van der Waals surface area contributed by atoms with Crippen molar-refractivity contribution < 1.29 is 9.95 Å². The van der Waals surface area contributed by atoms with Gasteiger partial charge in [-0.1, -0.05) is 22.0 Å². The van der Waals surface area contributed by atoms with Gasteiger partial charge in [0.05, 0.1) is 4.88 Å². The van der Waals surface area contributed by atoms with E-state index in [1.807, 2.05) is 48.7 Å². The van der Waals surface area contributed by atoms with Crippen LogP contribution in [-0.4, -0.2) is 26.8 Å². The van der Waals surface area contributed by atoms with Crippen LogP contribution < -0.4 is 0 Å². The Morgan fingerprint density at radius 2 is 2.00 bits per heavy atom. The average Bonchev–Trinajstić information content (AvgIpc) is 3.04. The van der Waals surface area contributed by atoms with Crippen LogP contribution in [0.1, 0.15) is 24.3 Å². The Balaban J connectivity index is 2.16. The van der Waals surface area contributed by atoms with Crippen molar-refractivity contribution in [2.45, 2.75) is 25.6 Å². The number of rotatable bonds is 2. The fraction of sp³-hybridized carbons (Fsp3) is 0.267. The van der Waals surface area contributed by atoms with Crippen molar-refractivity contribution in [3.8, 4) is 0 Å². The average molecular weight is 367 g/mol. The third-order valence-electron chi connectivity index (χ3n) is 3.99. The fourth-order valence-electron chi connectivity index (χ4n) is 2.74. The number of benzene rings is 1. The van der Waals surface area contributed by atoms with E-state index in [0.29, 0.717) is 5.71 Å². The molecule has 3 rings (SSSR count). The summed E-state index contributed by atoms with van der Waals surface area (Å²) in [6.45, 7) is 3.57. The number of hydrogen-bond donors (Lipinski definition) is 1. The van der Waals surface area contributed by atoms with E-state index in [1.54, 1.807) is 6.92 Å². The molecule has 0 spiro atoms. The molecule has 1 N–H and O–H groups in total. The molecule has 110 valence electrons. The zero-order valence-electron chi connectivity index (χ0n) is 11.7. The molecule has 6 heteroatoms. The van der Waals surface area contributed by atoms with E-state index in [-0.39, 0.29) is 6.04 Å². The van der Waals surface area contributed by atoms with E-state index in [9.17, 15) is 10.4 Å². The molecular formula is C15H15BrN2O2S. The molecule has 21 heavy (non-hydrogen) atoms. The van der Waals surface area contributed by atoms with E-state index >= 15 is 0 Å². The monoisotopic (exact) mass is 366 g/mol. The summed E-state index contributed by atoms with van der Waals surface area (Å²) in [5.74, 6) is 0. The SMILES string of the molecule is CC1C(c2cccs2)=[N+]([O-])C(C)(c2ccc(Br)cc2)N1O. The molecule has 0 radical (unpaired) electrons. The molecule has 2 atom stereocenters. The summed E-state index contributed by atoms with van der Waals surface area (Å²) in [5, 5.41) is 26.5. The van der Waals surface area contributed by atoms with E-state index in [1.165, 1.54) is 11.3 Å². The zero-order valence-corrected chi connectivity index (χ0v) is 14.1. The highest BCUT2D eigenvalue weighted by atomic mass is 79.9. The molecule has 2 heterocycles. The standard InChI is InChI=1S/C15H15BrN2O2S/c1-10-14(13-4-3-9-21-13)18(20)15(2,17(10)19)11-5-7-12(16)8-6-11/h3-10,19H,1-2H3. The first-order chi connectivity index (χ1) is 9.96. The molecule has 0 saturated heterocycles. The number of hydrogen-bond acceptors (Lipinski definition) is 4. The van der Waals surface area contributed by atoms with Crippen molar-refractivity contribution in [3.05, 3.63) is 61.9 Å². The van der Waals surface area contributed by atoms with Crippen molar-refractivity contribution in [1.29, 1.82) is 0 Å². The van der Waals surface area contributed by atoms with Crippen molar-refractivity contribution in [2.24, 2.45) is 0 Å². The molecule has 0 amide bonds. The lowest BCUT2D eigenvalue weighted by Crippen LogP contribution is -2.45. The minimum absolute atomic E-state index is 0.366. The van der Waals surface area contributed by atoms with Gasteiger partial charge in [-0.05, 0) is 42.6 Å². The Morgan fingerprint density at radius 1 is 1.33 bits per heavy atom. The van der Waals surface area contributed by atoms with Crippen LogP contribution >= 0.6 is 27.3 Å². The molecule has 4 nitrogen and oxygen atoms in total. The van der Waals surface area contributed by atoms with Gasteiger partial charge in [-0.2, -0.15) is 4.74 Å². The second kappa shape index (κ2) is 5.21. The Bertz CT molecular complexity index is 684. The Hall–Kier alpha value is -1.21. The van der Waals surface area contributed by atoms with Gasteiger partial charge >= 0.3 is 0 Å². The Labute approximate surface area is 135 Å². The van der Waals surface area contributed by atoms with Crippen LogP contribution in [-0.2, 0) is 5.66 Å². The lowest BCUT2D eigenvalue weighted by Gasteiger charge is -2.29. The summed E-state index contributed by atoms with van der Waals surface area (Å²) in [4.78, 5) is 0.886. The number of halogens is 1. The topological polar surface area (TPSA) is 49.5 Å². The van der Waals surface area contributed by atoms with Gasteiger partial charge in [0.25, 0.3) is 5.66 Å². The molecule has 2 aromatic rings. The van der Waals surface area contributed by atoms with Gasteiger partial charge in [-0.25, -0.2) is 0 Å². The highest BCUT2D eigenvalue weighted by molar-refractivity contribution is 9.10. The van der Waals surface area contributed by atoms with Gasteiger partial charge in [0.1, 0.15) is 6.04 Å². The molecule has 1 aromatic carbocycles. The lowest BCUT2D eigenvalue weighted by atomic mass is 10.0. The van der Waals surface area contributed by atoms with Crippen molar-refractivity contribution >= 4 is 33.0 Å². The number of hydroxylamine groups is 3. The van der Waals surface area contributed by atoms with Gasteiger partial charge in [-0.15, -0.1) is 16.4 Å². The number of nitrogens with zero attached hydrogens (tertiary/aromatic N) is 2. The van der Waals surface area contributed by atoms with Gasteiger partial charge in [0.2, 0.25) is 5.71 Å². The fourth-order valence-corrected chi connectivity index (χ4v) is 3.84. The van der Waals surface area contributed by atoms with Crippen LogP contribution in [0.15, 0.2) is 46.3 Å². The molecule has 0 saturated carbocycles. The minimum Gasteiger partial charge on any atom is -0.622 e. The lowest BCUT2D eigenvalue weighted by molar-refractivity contribution is -0.595. The molecule has 2 unspecified atom stereocenters. The molecule has 1 aliphatic heterocycles. The maximum atomic E-state index is 12.9. The van der Waals surface area contributed by atoms with Crippen LogP contribution in [0.25, 0.3) is 0 Å². The largest absolute Gasteiger partial charge is 0.622 e. The van der Waals surface area contributed by atoms with Gasteiger partial charge in [0, 0.05) is 17.0 Å². The maximum absolute atomic E-state index is 12.9. The molecule has 0 bridgehead atoms. The van der Waals surface area contributed by atoms with Gasteiger partial charge in [0.15, 0.2) is 0 Å². The Kier molecular flexibility index (Phi) is 3.65.